The van der Waals surface area contributed by atoms with Crippen LogP contribution in [0.15, 0.2) is 121 Å². The number of aromatic nitrogens is 4. The minimum Gasteiger partial charge on any atom is -0.495 e. The molecule has 352 valence electrons. The zero-order valence-electron chi connectivity index (χ0n) is 38.6. The first-order valence-corrected chi connectivity index (χ1v) is 23.2. The number of halogens is 2. The number of amides is 2. The molecule has 0 unspecified atom stereocenters. The van der Waals surface area contributed by atoms with Crippen LogP contribution in [0.25, 0.3) is 23.5 Å². The van der Waals surface area contributed by atoms with Crippen LogP contribution in [-0.4, -0.2) is 89.4 Å². The van der Waals surface area contributed by atoms with E-state index >= 15 is 0 Å². The van der Waals surface area contributed by atoms with Crippen LogP contribution in [0.4, 0.5) is 8.78 Å². The van der Waals surface area contributed by atoms with Gasteiger partial charge in [-0.3, -0.25) is 9.59 Å². The van der Waals surface area contributed by atoms with Crippen LogP contribution in [0, 0.1) is 25.5 Å². The Bertz CT molecular complexity index is 2660. The number of benzene rings is 4. The van der Waals surface area contributed by atoms with Crippen LogP contribution in [0.2, 0.25) is 0 Å². The van der Waals surface area contributed by atoms with Crippen molar-refractivity contribution in [3.8, 4) is 22.9 Å². The van der Waals surface area contributed by atoms with E-state index in [0.29, 0.717) is 50.0 Å². The van der Waals surface area contributed by atoms with Crippen molar-refractivity contribution in [1.82, 2.24) is 28.9 Å². The molecular weight excluding hydrogens is 867 g/mol. The maximum absolute atomic E-state index is 13.6. The Hall–Kier alpha value is -6.90. The van der Waals surface area contributed by atoms with Crippen molar-refractivity contribution in [3.63, 3.8) is 0 Å². The summed E-state index contributed by atoms with van der Waals surface area (Å²) in [5.74, 6) is 0.712. The van der Waals surface area contributed by atoms with E-state index in [4.69, 9.17) is 9.47 Å². The average molecular weight is 923 g/mol. The summed E-state index contributed by atoms with van der Waals surface area (Å²) >= 11 is 0. The topological polar surface area (TPSA) is 135 Å². The number of carbonyl (C=O) groups excluding carboxylic acids is 2. The van der Waals surface area contributed by atoms with Crippen LogP contribution >= 0.6 is 0 Å². The highest BCUT2D eigenvalue weighted by atomic mass is 19.1. The minimum atomic E-state index is -0.474. The van der Waals surface area contributed by atoms with Gasteiger partial charge in [-0.15, -0.1) is 0 Å². The number of carbonyl (C=O) groups is 2. The van der Waals surface area contributed by atoms with Crippen LogP contribution in [0.5, 0.6) is 11.5 Å². The summed E-state index contributed by atoms with van der Waals surface area (Å²) in [4.78, 5) is 39.6. The van der Waals surface area contributed by atoms with Crippen molar-refractivity contribution >= 4 is 24.0 Å². The van der Waals surface area contributed by atoms with E-state index in [2.05, 4.69) is 9.97 Å². The number of aliphatic hydroxyl groups is 2. The van der Waals surface area contributed by atoms with Crippen LogP contribution in [0.1, 0.15) is 97.1 Å². The highest BCUT2D eigenvalue weighted by Crippen LogP contribution is 2.43. The molecule has 2 N–H and O–H groups in total. The fourth-order valence-electron chi connectivity index (χ4n) is 10.4. The van der Waals surface area contributed by atoms with E-state index in [9.17, 15) is 28.6 Å². The van der Waals surface area contributed by atoms with E-state index in [0.717, 1.165) is 69.0 Å². The number of methoxy groups -OCH3 is 2. The third-order valence-electron chi connectivity index (χ3n) is 13.6. The van der Waals surface area contributed by atoms with Gasteiger partial charge >= 0.3 is 0 Å². The predicted octanol–water partition coefficient (Wildman–Crippen LogP) is 9.20. The lowest BCUT2D eigenvalue weighted by atomic mass is 9.82. The van der Waals surface area contributed by atoms with Gasteiger partial charge in [0.05, 0.1) is 73.9 Å². The summed E-state index contributed by atoms with van der Waals surface area (Å²) in [6.45, 7) is 3.87. The van der Waals surface area contributed by atoms with Crippen molar-refractivity contribution in [3.05, 3.63) is 166 Å². The lowest BCUT2D eigenvalue weighted by molar-refractivity contribution is -0.140. The van der Waals surface area contributed by atoms with Gasteiger partial charge in [0.1, 0.15) is 23.1 Å². The van der Waals surface area contributed by atoms with Gasteiger partial charge in [0.15, 0.2) is 0 Å². The summed E-state index contributed by atoms with van der Waals surface area (Å²) in [6.07, 6.45) is 15.2. The molecule has 4 saturated heterocycles. The molecular formula is C54H56F2N6O6. The molecule has 0 radical (unpaired) electrons. The molecule has 0 saturated carbocycles. The summed E-state index contributed by atoms with van der Waals surface area (Å²) in [7, 11) is 3.25. The number of hydrogen-bond acceptors (Lipinski definition) is 8. The minimum absolute atomic E-state index is 0.0225. The molecule has 4 fully saturated rings. The summed E-state index contributed by atoms with van der Waals surface area (Å²) in [5.41, 5.74) is 8.51. The van der Waals surface area contributed by atoms with Gasteiger partial charge in [-0.1, -0.05) is 36.4 Å². The number of aryl methyl sites for hydroxylation is 2. The van der Waals surface area contributed by atoms with Gasteiger partial charge in [-0.2, -0.15) is 0 Å². The second kappa shape index (κ2) is 19.7. The van der Waals surface area contributed by atoms with E-state index in [-0.39, 0.29) is 47.6 Å². The van der Waals surface area contributed by atoms with Crippen LogP contribution in [-0.2, 0) is 9.59 Å². The Morgan fingerprint density at radius 1 is 0.588 bits per heavy atom. The number of fused-ring (bicyclic) bond motifs is 2. The van der Waals surface area contributed by atoms with Gasteiger partial charge in [0.2, 0.25) is 0 Å². The molecule has 4 aliphatic rings. The maximum Gasteiger partial charge on any atom is 0.250 e. The van der Waals surface area contributed by atoms with Gasteiger partial charge in [-0.05, 0) is 148 Å². The highest BCUT2D eigenvalue weighted by Gasteiger charge is 2.43. The summed E-state index contributed by atoms with van der Waals surface area (Å²) < 4.78 is 42.0. The van der Waals surface area contributed by atoms with Crippen LogP contribution in [0.3, 0.4) is 0 Å². The Morgan fingerprint density at radius 2 is 0.985 bits per heavy atom. The Kier molecular flexibility index (Phi) is 13.4. The number of rotatable bonds is 8. The molecule has 10 rings (SSSR count). The number of imidazole rings is 2. The zero-order chi connectivity index (χ0) is 47.6. The molecule has 0 bridgehead atoms. The Balaban J connectivity index is 0.000000170. The summed E-state index contributed by atoms with van der Waals surface area (Å²) in [6, 6.07) is 23.6. The Morgan fingerprint density at radius 3 is 1.34 bits per heavy atom. The van der Waals surface area contributed by atoms with E-state index in [1.807, 2.05) is 93.7 Å². The standard InChI is InChI=1S/2C27H28FN3O3/c2*1-17-15-30(16-29-17)24-10-3-18(12-26(24)34-2)11-20-6-9-22-13-23(32)14-25(31(22)27(20)33)19-4-7-21(28)8-5-19/h2*3-5,7-8,10-12,15-16,22-23,25,32H,6,9,13-14H2,1-2H3/b2*20-11+/t2*22-,23+,25+/m10/s1. The molecule has 2 aromatic heterocycles. The molecule has 68 heavy (non-hydrogen) atoms. The average Bonchev–Trinajstić information content (AvgIpc) is 3.98. The molecule has 6 aromatic rings. The van der Waals surface area contributed by atoms with Crippen LogP contribution < -0.4 is 9.47 Å². The largest absolute Gasteiger partial charge is 0.495 e. The zero-order valence-corrected chi connectivity index (χ0v) is 38.6. The van der Waals surface area contributed by atoms with E-state index in [1.54, 1.807) is 51.1 Å². The number of piperidine rings is 4. The highest BCUT2D eigenvalue weighted by molar-refractivity contribution is 6.00. The monoisotopic (exact) mass is 922 g/mol. The van der Waals surface area contributed by atoms with Crippen molar-refractivity contribution in [2.24, 2.45) is 0 Å². The van der Waals surface area contributed by atoms with Gasteiger partial charge in [0, 0.05) is 35.6 Å². The molecule has 6 heterocycles. The molecule has 4 aliphatic heterocycles. The first-order valence-electron chi connectivity index (χ1n) is 23.2. The second-order valence-electron chi connectivity index (χ2n) is 18.2. The first kappa shape index (κ1) is 46.2. The molecule has 0 spiro atoms. The molecule has 6 atom stereocenters. The quantitative estimate of drug-likeness (QED) is 0.144. The third kappa shape index (κ3) is 9.74. The molecule has 12 nitrogen and oxygen atoms in total. The normalized spacial score (nSPS) is 23.8. The van der Waals surface area contributed by atoms with E-state index in [1.165, 1.54) is 24.3 Å². The van der Waals surface area contributed by atoms with Crippen molar-refractivity contribution in [2.75, 3.05) is 14.2 Å². The van der Waals surface area contributed by atoms with Gasteiger partial charge < -0.3 is 38.6 Å². The third-order valence-corrected chi connectivity index (χ3v) is 13.6. The number of aliphatic hydroxyl groups excluding tert-OH is 2. The molecule has 4 aromatic carbocycles. The lowest BCUT2D eigenvalue weighted by Crippen LogP contribution is -2.52. The first-order chi connectivity index (χ1) is 32.8. The summed E-state index contributed by atoms with van der Waals surface area (Å²) in [5, 5.41) is 20.9. The smallest absolute Gasteiger partial charge is 0.250 e. The number of ether oxygens (including phenoxy) is 2. The van der Waals surface area contributed by atoms with Crippen molar-refractivity contribution in [1.29, 1.82) is 0 Å². The predicted molar refractivity (Wildman–Crippen MR) is 254 cm³/mol. The number of hydrogen-bond donors (Lipinski definition) is 2. The lowest BCUT2D eigenvalue weighted by Gasteiger charge is -2.47. The molecule has 14 heteroatoms. The Labute approximate surface area is 394 Å². The molecule has 0 aliphatic carbocycles. The van der Waals surface area contributed by atoms with Gasteiger partial charge in [-0.25, -0.2) is 18.7 Å². The number of nitrogens with zero attached hydrogens (tertiary/aromatic N) is 6. The molecule has 2 amide bonds. The van der Waals surface area contributed by atoms with Crippen molar-refractivity contribution in [2.45, 2.75) is 102 Å². The fraction of sp³-hybridized carbons (Fsp3) is 0.333. The second-order valence-corrected chi connectivity index (χ2v) is 18.2. The van der Waals surface area contributed by atoms with E-state index < -0.39 is 12.2 Å². The van der Waals surface area contributed by atoms with Gasteiger partial charge in [0.25, 0.3) is 11.8 Å². The van der Waals surface area contributed by atoms with Crippen molar-refractivity contribution < 1.29 is 38.1 Å². The fourth-order valence-corrected chi connectivity index (χ4v) is 10.4. The SMILES string of the molecule is COc1cc(/C=C2\CC[C@@H]3C[C@H](O)C[C@@H](c4ccc(F)cc4)N3C2=O)ccc1-n1cnc(C)c1.COc1cc(/C=C2\CC[C@H]3C[C@@H](O)C[C@H](c4ccc(F)cc4)N3C2=O)ccc1-n1cnc(C)c1. The maximum atomic E-state index is 13.6.